The van der Waals surface area contributed by atoms with Crippen molar-refractivity contribution in [3.63, 3.8) is 0 Å². The summed E-state index contributed by atoms with van der Waals surface area (Å²) in [4.78, 5) is 1.46. The van der Waals surface area contributed by atoms with Crippen LogP contribution in [-0.2, 0) is 6.42 Å². The van der Waals surface area contributed by atoms with E-state index in [4.69, 9.17) is 11.6 Å². The van der Waals surface area contributed by atoms with Crippen molar-refractivity contribution in [3.8, 4) is 0 Å². The second-order valence-electron chi connectivity index (χ2n) is 5.27. The van der Waals surface area contributed by atoms with E-state index in [2.05, 4.69) is 49.5 Å². The first kappa shape index (κ1) is 13.2. The molecule has 2 atom stereocenters. The second kappa shape index (κ2) is 5.28. The predicted molar refractivity (Wildman–Crippen MR) is 83.1 cm³/mol. The van der Waals surface area contributed by atoms with Crippen LogP contribution in [0.15, 0.2) is 30.3 Å². The molecule has 19 heavy (non-hydrogen) atoms. The Labute approximate surface area is 123 Å². The molecule has 0 fully saturated rings. The van der Waals surface area contributed by atoms with Crippen molar-refractivity contribution in [3.05, 3.63) is 56.2 Å². The third kappa shape index (κ3) is 2.58. The van der Waals surface area contributed by atoms with Crippen LogP contribution in [0.2, 0.25) is 4.34 Å². The molecule has 0 amide bonds. The van der Waals surface area contributed by atoms with Gasteiger partial charge in [0.1, 0.15) is 0 Å². The Kier molecular flexibility index (Phi) is 3.66. The molecule has 0 aliphatic heterocycles. The molecule has 0 saturated carbocycles. The molecule has 0 saturated heterocycles. The van der Waals surface area contributed by atoms with Gasteiger partial charge < -0.3 is 5.32 Å². The fraction of sp³-hybridized carbons (Fsp3) is 0.375. The molecule has 0 radical (unpaired) electrons. The van der Waals surface area contributed by atoms with Crippen LogP contribution in [0.3, 0.4) is 0 Å². The number of hydrogen-bond donors (Lipinski definition) is 1. The molecule has 1 aliphatic rings. The van der Waals surface area contributed by atoms with Gasteiger partial charge >= 0.3 is 0 Å². The van der Waals surface area contributed by atoms with Crippen molar-refractivity contribution in [2.24, 2.45) is 0 Å². The third-order valence-corrected chi connectivity index (χ3v) is 5.29. The monoisotopic (exact) mass is 291 g/mol. The van der Waals surface area contributed by atoms with E-state index in [0.29, 0.717) is 12.1 Å². The quantitative estimate of drug-likeness (QED) is 0.834. The van der Waals surface area contributed by atoms with Crippen LogP contribution in [0.4, 0.5) is 0 Å². The summed E-state index contributed by atoms with van der Waals surface area (Å²) in [5.41, 5.74) is 4.15. The van der Waals surface area contributed by atoms with Gasteiger partial charge in [0.2, 0.25) is 0 Å². The zero-order valence-electron chi connectivity index (χ0n) is 11.2. The van der Waals surface area contributed by atoms with Gasteiger partial charge in [-0.05, 0) is 49.4 Å². The lowest BCUT2D eigenvalue weighted by atomic mass is 10.0. The largest absolute Gasteiger partial charge is 0.303 e. The first-order valence-electron chi connectivity index (χ1n) is 6.75. The first-order chi connectivity index (χ1) is 9.15. The van der Waals surface area contributed by atoms with Gasteiger partial charge in [-0.25, -0.2) is 0 Å². The van der Waals surface area contributed by atoms with Gasteiger partial charge in [0.05, 0.1) is 4.34 Å². The van der Waals surface area contributed by atoms with E-state index in [0.717, 1.165) is 10.8 Å². The first-order valence-corrected chi connectivity index (χ1v) is 7.94. The molecule has 2 aromatic rings. The average molecular weight is 292 g/mol. The second-order valence-corrected chi connectivity index (χ2v) is 7.03. The Morgan fingerprint density at radius 3 is 2.95 bits per heavy atom. The Morgan fingerprint density at radius 2 is 2.16 bits per heavy atom. The van der Waals surface area contributed by atoms with E-state index in [1.54, 1.807) is 11.3 Å². The zero-order valence-corrected chi connectivity index (χ0v) is 12.8. The van der Waals surface area contributed by atoms with E-state index in [9.17, 15) is 0 Å². The van der Waals surface area contributed by atoms with Crippen LogP contribution < -0.4 is 5.32 Å². The van der Waals surface area contributed by atoms with Crippen molar-refractivity contribution in [1.82, 2.24) is 5.32 Å². The Bertz CT molecular complexity index is 590. The average Bonchev–Trinajstić information content (AvgIpc) is 2.90. The molecular formula is C16H18ClNS. The number of halogens is 1. The van der Waals surface area contributed by atoms with Crippen molar-refractivity contribution in [1.29, 1.82) is 0 Å². The molecule has 1 aliphatic carbocycles. The highest BCUT2D eigenvalue weighted by molar-refractivity contribution is 7.16. The van der Waals surface area contributed by atoms with Crippen molar-refractivity contribution in [2.45, 2.75) is 38.8 Å². The molecule has 1 N–H and O–H groups in total. The van der Waals surface area contributed by atoms with E-state index in [1.165, 1.54) is 28.0 Å². The highest BCUT2D eigenvalue weighted by Gasteiger charge is 2.26. The van der Waals surface area contributed by atoms with Crippen molar-refractivity contribution >= 4 is 22.9 Å². The number of thiophene rings is 1. The standard InChI is InChI=1S/C16H18ClNS/c1-10-5-3-4-6-12(10)11(2)18-14-7-8-15-13(14)9-16(17)19-15/h3-6,9,11,14,18H,7-8H2,1-2H3. The molecule has 100 valence electrons. The minimum absolute atomic E-state index is 0.371. The Hall–Kier alpha value is -0.830. The van der Waals surface area contributed by atoms with E-state index in [-0.39, 0.29) is 0 Å². The molecule has 3 heteroatoms. The van der Waals surface area contributed by atoms with Crippen LogP contribution in [0.5, 0.6) is 0 Å². The number of aryl methyl sites for hydroxylation is 2. The minimum Gasteiger partial charge on any atom is -0.303 e. The van der Waals surface area contributed by atoms with Crippen LogP contribution >= 0.6 is 22.9 Å². The minimum atomic E-state index is 0.371. The summed E-state index contributed by atoms with van der Waals surface area (Å²) >= 11 is 7.85. The molecule has 3 rings (SSSR count). The normalized spacial score (nSPS) is 19.4. The summed E-state index contributed by atoms with van der Waals surface area (Å²) in [6.07, 6.45) is 2.35. The highest BCUT2D eigenvalue weighted by atomic mass is 35.5. The lowest BCUT2D eigenvalue weighted by Gasteiger charge is -2.21. The van der Waals surface area contributed by atoms with Gasteiger partial charge in [-0.1, -0.05) is 35.9 Å². The fourth-order valence-electron chi connectivity index (χ4n) is 2.97. The maximum atomic E-state index is 6.11. The summed E-state index contributed by atoms with van der Waals surface area (Å²) in [6.45, 7) is 4.42. The summed E-state index contributed by atoms with van der Waals surface area (Å²) in [7, 11) is 0. The van der Waals surface area contributed by atoms with E-state index >= 15 is 0 Å². The number of nitrogens with one attached hydrogen (secondary N) is 1. The molecule has 0 bridgehead atoms. The number of benzene rings is 1. The fourth-order valence-corrected chi connectivity index (χ4v) is 4.32. The van der Waals surface area contributed by atoms with Gasteiger partial charge in [-0.2, -0.15) is 0 Å². The van der Waals surface area contributed by atoms with Crippen LogP contribution in [0.1, 0.15) is 47.0 Å². The molecule has 1 aromatic heterocycles. The Morgan fingerprint density at radius 1 is 1.37 bits per heavy atom. The molecule has 2 unspecified atom stereocenters. The smallest absolute Gasteiger partial charge is 0.0934 e. The number of rotatable bonds is 3. The van der Waals surface area contributed by atoms with Crippen LogP contribution in [0.25, 0.3) is 0 Å². The van der Waals surface area contributed by atoms with Crippen LogP contribution in [0, 0.1) is 6.92 Å². The van der Waals surface area contributed by atoms with Gasteiger partial charge in [-0.15, -0.1) is 11.3 Å². The summed E-state index contributed by atoms with van der Waals surface area (Å²) in [5, 5.41) is 3.75. The number of fused-ring (bicyclic) bond motifs is 1. The predicted octanol–water partition coefficient (Wildman–Crippen LogP) is 5.05. The zero-order chi connectivity index (χ0) is 13.4. The van der Waals surface area contributed by atoms with Crippen molar-refractivity contribution in [2.75, 3.05) is 0 Å². The SMILES string of the molecule is Cc1ccccc1C(C)NC1CCc2sc(Cl)cc21. The summed E-state index contributed by atoms with van der Waals surface area (Å²) < 4.78 is 0.917. The summed E-state index contributed by atoms with van der Waals surface area (Å²) in [5.74, 6) is 0. The topological polar surface area (TPSA) is 12.0 Å². The molecule has 1 aromatic carbocycles. The lowest BCUT2D eigenvalue weighted by molar-refractivity contribution is 0.464. The summed E-state index contributed by atoms with van der Waals surface area (Å²) in [6, 6.07) is 11.6. The van der Waals surface area contributed by atoms with Gasteiger partial charge in [-0.3, -0.25) is 0 Å². The lowest BCUT2D eigenvalue weighted by Crippen LogP contribution is -2.23. The van der Waals surface area contributed by atoms with E-state index in [1.807, 2.05) is 0 Å². The molecular weight excluding hydrogens is 274 g/mol. The third-order valence-electron chi connectivity index (χ3n) is 3.95. The van der Waals surface area contributed by atoms with Gasteiger partial charge in [0.15, 0.2) is 0 Å². The van der Waals surface area contributed by atoms with Gasteiger partial charge in [0, 0.05) is 17.0 Å². The maximum absolute atomic E-state index is 6.11. The number of hydrogen-bond acceptors (Lipinski definition) is 2. The van der Waals surface area contributed by atoms with Crippen molar-refractivity contribution < 1.29 is 0 Å². The highest BCUT2D eigenvalue weighted by Crippen LogP contribution is 2.40. The van der Waals surface area contributed by atoms with E-state index < -0.39 is 0 Å². The Balaban J connectivity index is 1.78. The maximum Gasteiger partial charge on any atom is 0.0934 e. The van der Waals surface area contributed by atoms with Gasteiger partial charge in [0.25, 0.3) is 0 Å². The molecule has 0 spiro atoms. The van der Waals surface area contributed by atoms with Crippen LogP contribution in [-0.4, -0.2) is 0 Å². The molecule has 1 nitrogen and oxygen atoms in total. The molecule has 1 heterocycles.